The number of rotatable bonds is 7. The number of nitrogens with one attached hydrogen (secondary N) is 1. The molecule has 0 fully saturated rings. The van der Waals surface area contributed by atoms with Crippen molar-refractivity contribution in [2.75, 3.05) is 20.3 Å². The van der Waals surface area contributed by atoms with E-state index in [1.54, 1.807) is 0 Å². The van der Waals surface area contributed by atoms with Gasteiger partial charge >= 0.3 is 0 Å². The van der Waals surface area contributed by atoms with Crippen LogP contribution in [0, 0.1) is 0 Å². The van der Waals surface area contributed by atoms with E-state index in [-0.39, 0.29) is 11.5 Å². The van der Waals surface area contributed by atoms with Crippen molar-refractivity contribution in [3.8, 4) is 5.88 Å². The Morgan fingerprint density at radius 2 is 1.90 bits per heavy atom. The molecule has 0 saturated carbocycles. The fourth-order valence-electron chi connectivity index (χ4n) is 1.75. The smallest absolute Gasteiger partial charge is 0.213 e. The van der Waals surface area contributed by atoms with Crippen LogP contribution >= 0.6 is 0 Å². The second-order valence-electron chi connectivity index (χ2n) is 6.25. The molecule has 0 atom stereocenters. The van der Waals surface area contributed by atoms with Gasteiger partial charge in [-0.05, 0) is 32.5 Å². The van der Waals surface area contributed by atoms with Gasteiger partial charge in [0.15, 0.2) is 0 Å². The number of aromatic nitrogens is 1. The highest BCUT2D eigenvalue weighted by Gasteiger charge is 2.17. The highest BCUT2D eigenvalue weighted by Crippen LogP contribution is 2.24. The van der Waals surface area contributed by atoms with E-state index in [1.165, 1.54) is 5.56 Å². The first-order chi connectivity index (χ1) is 9.32. The van der Waals surface area contributed by atoms with E-state index >= 15 is 0 Å². The first kappa shape index (κ1) is 16.9. The van der Waals surface area contributed by atoms with Crippen LogP contribution in [-0.2, 0) is 16.7 Å². The summed E-state index contributed by atoms with van der Waals surface area (Å²) in [4.78, 5) is 4.60. The Labute approximate surface area is 122 Å². The first-order valence-electron chi connectivity index (χ1n) is 7.23. The van der Waals surface area contributed by atoms with Gasteiger partial charge in [0.2, 0.25) is 5.88 Å². The van der Waals surface area contributed by atoms with Gasteiger partial charge in [-0.25, -0.2) is 4.98 Å². The Morgan fingerprint density at radius 1 is 1.20 bits per heavy atom. The Hall–Kier alpha value is -1.13. The maximum absolute atomic E-state index is 5.72. The monoisotopic (exact) mass is 280 g/mol. The van der Waals surface area contributed by atoms with Crippen molar-refractivity contribution < 1.29 is 9.47 Å². The van der Waals surface area contributed by atoms with Crippen LogP contribution in [0.15, 0.2) is 12.1 Å². The van der Waals surface area contributed by atoms with Gasteiger partial charge in [-0.3, -0.25) is 0 Å². The predicted molar refractivity (Wildman–Crippen MR) is 82.3 cm³/mol. The van der Waals surface area contributed by atoms with Crippen molar-refractivity contribution in [3.63, 3.8) is 0 Å². The number of hydrogen-bond acceptors (Lipinski definition) is 4. The molecule has 0 radical (unpaired) electrons. The maximum Gasteiger partial charge on any atom is 0.213 e. The van der Waals surface area contributed by atoms with Crippen LogP contribution in [0.5, 0.6) is 5.88 Å². The van der Waals surface area contributed by atoms with E-state index in [4.69, 9.17) is 9.47 Å². The summed E-state index contributed by atoms with van der Waals surface area (Å²) < 4.78 is 11.2. The average molecular weight is 280 g/mol. The van der Waals surface area contributed by atoms with E-state index in [0.29, 0.717) is 19.1 Å². The van der Waals surface area contributed by atoms with Crippen LogP contribution in [0.2, 0.25) is 0 Å². The Morgan fingerprint density at radius 3 is 2.45 bits per heavy atom. The van der Waals surface area contributed by atoms with Crippen molar-refractivity contribution >= 4 is 0 Å². The van der Waals surface area contributed by atoms with Gasteiger partial charge in [0.05, 0.1) is 18.4 Å². The highest BCUT2D eigenvalue weighted by molar-refractivity contribution is 5.28. The molecule has 0 saturated heterocycles. The Kier molecular flexibility index (Phi) is 6.43. The van der Waals surface area contributed by atoms with Crippen LogP contribution in [-0.4, -0.2) is 31.3 Å². The molecule has 0 bridgehead atoms. The molecule has 0 aliphatic rings. The van der Waals surface area contributed by atoms with E-state index in [1.807, 2.05) is 27.0 Å². The normalized spacial score (nSPS) is 11.9. The quantitative estimate of drug-likeness (QED) is 0.780. The number of pyridine rings is 1. The third-order valence-corrected chi connectivity index (χ3v) is 2.80. The van der Waals surface area contributed by atoms with Crippen molar-refractivity contribution in [3.05, 3.63) is 23.4 Å². The van der Waals surface area contributed by atoms with Crippen molar-refractivity contribution in [2.45, 2.75) is 52.7 Å². The molecule has 1 heterocycles. The van der Waals surface area contributed by atoms with Crippen LogP contribution in [0.4, 0.5) is 0 Å². The molecule has 0 unspecified atom stereocenters. The molecule has 4 heteroatoms. The molecule has 1 aromatic heterocycles. The molecule has 4 nitrogen and oxygen atoms in total. The third kappa shape index (κ3) is 5.88. The molecular weight excluding hydrogens is 252 g/mol. The molecule has 1 N–H and O–H groups in total. The second-order valence-corrected chi connectivity index (χ2v) is 6.25. The third-order valence-electron chi connectivity index (χ3n) is 2.80. The fraction of sp³-hybridized carbons (Fsp3) is 0.688. The van der Waals surface area contributed by atoms with Gasteiger partial charge in [-0.15, -0.1) is 0 Å². The molecule has 1 aromatic rings. The van der Waals surface area contributed by atoms with Crippen LogP contribution in [0.1, 0.15) is 45.9 Å². The van der Waals surface area contributed by atoms with Crippen molar-refractivity contribution in [2.24, 2.45) is 0 Å². The highest BCUT2D eigenvalue weighted by atomic mass is 16.5. The molecule has 1 rings (SSSR count). The van der Waals surface area contributed by atoms with Crippen molar-refractivity contribution in [1.29, 1.82) is 0 Å². The Balaban J connectivity index is 2.76. The van der Waals surface area contributed by atoms with E-state index < -0.39 is 0 Å². The summed E-state index contributed by atoms with van der Waals surface area (Å²) in [6.07, 6.45) is 0.229. The molecule has 0 amide bonds. The predicted octanol–water partition coefficient (Wildman–Crippen LogP) is 2.90. The van der Waals surface area contributed by atoms with E-state index in [2.05, 4.69) is 37.1 Å². The van der Waals surface area contributed by atoms with Gasteiger partial charge in [0, 0.05) is 18.0 Å². The zero-order chi connectivity index (χ0) is 15.2. The average Bonchev–Trinajstić information content (AvgIpc) is 2.33. The van der Waals surface area contributed by atoms with Crippen LogP contribution < -0.4 is 10.1 Å². The van der Waals surface area contributed by atoms with E-state index in [0.717, 1.165) is 12.2 Å². The van der Waals surface area contributed by atoms with E-state index in [9.17, 15) is 0 Å². The van der Waals surface area contributed by atoms with Gasteiger partial charge in [-0.2, -0.15) is 0 Å². The lowest BCUT2D eigenvalue weighted by atomic mass is 9.91. The summed E-state index contributed by atoms with van der Waals surface area (Å²) in [5, 5.41) is 3.16. The summed E-state index contributed by atoms with van der Waals surface area (Å²) in [7, 11) is 1.94. The van der Waals surface area contributed by atoms with Gasteiger partial charge in [-0.1, -0.05) is 20.8 Å². The summed E-state index contributed by atoms with van der Waals surface area (Å²) in [5.74, 6) is 0.676. The number of ether oxygens (including phenoxy) is 2. The first-order valence-corrected chi connectivity index (χ1v) is 7.23. The molecule has 0 aliphatic heterocycles. The van der Waals surface area contributed by atoms with Gasteiger partial charge in [0.1, 0.15) is 6.61 Å². The van der Waals surface area contributed by atoms with Crippen molar-refractivity contribution in [1.82, 2.24) is 10.3 Å². The maximum atomic E-state index is 5.72. The van der Waals surface area contributed by atoms with Crippen LogP contribution in [0.3, 0.4) is 0 Å². The lowest BCUT2D eigenvalue weighted by molar-refractivity contribution is 0.0541. The van der Waals surface area contributed by atoms with Gasteiger partial charge in [0.25, 0.3) is 0 Å². The molecule has 114 valence electrons. The van der Waals surface area contributed by atoms with Crippen LogP contribution in [0.25, 0.3) is 0 Å². The number of hydrogen-bond donors (Lipinski definition) is 1. The molecule has 20 heavy (non-hydrogen) atoms. The second kappa shape index (κ2) is 7.60. The number of nitrogens with zero attached hydrogens (tertiary/aromatic N) is 1. The van der Waals surface area contributed by atoms with Gasteiger partial charge < -0.3 is 14.8 Å². The summed E-state index contributed by atoms with van der Waals surface area (Å²) in [6.45, 7) is 12.4. The summed E-state index contributed by atoms with van der Waals surface area (Å²) in [5.41, 5.74) is 2.24. The molecule has 0 aromatic carbocycles. The zero-order valence-corrected chi connectivity index (χ0v) is 13.6. The molecular formula is C16H28N2O2. The lowest BCUT2D eigenvalue weighted by Crippen LogP contribution is -2.17. The zero-order valence-electron chi connectivity index (χ0n) is 13.6. The fourth-order valence-corrected chi connectivity index (χ4v) is 1.75. The standard InChI is InChI=1S/C16H28N2O2/c1-12(2)19-7-8-20-15-10-13(11-17-6)9-14(18-15)16(3,4)5/h9-10,12,17H,7-8,11H2,1-6H3. The SMILES string of the molecule is CNCc1cc(OCCOC(C)C)nc(C(C)(C)C)c1. The lowest BCUT2D eigenvalue weighted by Gasteiger charge is -2.20. The minimum absolute atomic E-state index is 0.0102. The molecule has 0 spiro atoms. The minimum atomic E-state index is 0.0102. The Bertz CT molecular complexity index is 411. The minimum Gasteiger partial charge on any atom is -0.475 e. The summed E-state index contributed by atoms with van der Waals surface area (Å²) >= 11 is 0. The molecule has 0 aliphatic carbocycles. The largest absolute Gasteiger partial charge is 0.475 e. The summed E-state index contributed by atoms with van der Waals surface area (Å²) in [6, 6.07) is 4.12. The topological polar surface area (TPSA) is 43.4 Å².